The van der Waals surface area contributed by atoms with Gasteiger partial charge in [0.2, 0.25) is 0 Å². The van der Waals surface area contributed by atoms with Gasteiger partial charge in [0, 0.05) is 11.5 Å². The average molecular weight is 267 g/mol. The number of aryl methyl sites for hydroxylation is 1. The molecule has 2 rings (SSSR count). The van der Waals surface area contributed by atoms with Gasteiger partial charge in [0.15, 0.2) is 0 Å². The zero-order valence-electron chi connectivity index (χ0n) is 12.8. The summed E-state index contributed by atoms with van der Waals surface area (Å²) in [4.78, 5) is 0. The van der Waals surface area contributed by atoms with E-state index in [-0.39, 0.29) is 5.41 Å². The highest BCUT2D eigenvalue weighted by atomic mass is 14.9. The molecular weight excluding hydrogens is 242 g/mol. The molecule has 106 valence electrons. The highest BCUT2D eigenvalue weighted by molar-refractivity contribution is 5.26. The Hall–Kier alpha value is -1.60. The second-order valence-electron chi connectivity index (χ2n) is 5.95. The molecule has 0 heterocycles. The third-order valence-electron chi connectivity index (χ3n) is 4.30. The van der Waals surface area contributed by atoms with E-state index in [1.807, 2.05) is 0 Å². The van der Waals surface area contributed by atoms with Crippen LogP contribution in [0.25, 0.3) is 0 Å². The molecule has 20 heavy (non-hydrogen) atoms. The van der Waals surface area contributed by atoms with Crippen molar-refractivity contribution in [2.24, 2.45) is 0 Å². The van der Waals surface area contributed by atoms with Crippen molar-refractivity contribution in [3.8, 4) is 0 Å². The summed E-state index contributed by atoms with van der Waals surface area (Å²) in [6.45, 7) is 4.66. The molecule has 0 saturated carbocycles. The van der Waals surface area contributed by atoms with Gasteiger partial charge in [-0.1, -0.05) is 74.5 Å². The molecule has 0 spiro atoms. The number of hydrogen-bond acceptors (Lipinski definition) is 1. The van der Waals surface area contributed by atoms with E-state index in [1.165, 1.54) is 11.1 Å². The predicted molar refractivity (Wildman–Crippen MR) is 87.1 cm³/mol. The number of rotatable bonds is 6. The van der Waals surface area contributed by atoms with E-state index in [9.17, 15) is 0 Å². The maximum absolute atomic E-state index is 3.51. The van der Waals surface area contributed by atoms with Gasteiger partial charge in [0.05, 0.1) is 0 Å². The van der Waals surface area contributed by atoms with E-state index >= 15 is 0 Å². The van der Waals surface area contributed by atoms with E-state index in [4.69, 9.17) is 0 Å². The first-order chi connectivity index (χ1) is 9.64. The van der Waals surface area contributed by atoms with Gasteiger partial charge in [-0.25, -0.2) is 0 Å². The Morgan fingerprint density at radius 1 is 0.900 bits per heavy atom. The highest BCUT2D eigenvalue weighted by Gasteiger charge is 2.29. The van der Waals surface area contributed by atoms with Crippen LogP contribution in [0.15, 0.2) is 60.7 Å². The van der Waals surface area contributed by atoms with Crippen molar-refractivity contribution < 1.29 is 0 Å². The van der Waals surface area contributed by atoms with Gasteiger partial charge in [-0.3, -0.25) is 0 Å². The van der Waals surface area contributed by atoms with Gasteiger partial charge < -0.3 is 5.32 Å². The third kappa shape index (κ3) is 3.49. The van der Waals surface area contributed by atoms with Crippen LogP contribution < -0.4 is 5.32 Å². The Bertz CT molecular complexity index is 502. The lowest BCUT2D eigenvalue weighted by molar-refractivity contribution is 0.340. The largest absolute Gasteiger partial charge is 0.316 e. The van der Waals surface area contributed by atoms with Crippen LogP contribution in [0.4, 0.5) is 0 Å². The lowest BCUT2D eigenvalue weighted by Gasteiger charge is -2.35. The topological polar surface area (TPSA) is 12.0 Å². The van der Waals surface area contributed by atoms with Crippen molar-refractivity contribution in [1.29, 1.82) is 0 Å². The molecular formula is C19H25N. The first-order valence-electron chi connectivity index (χ1n) is 7.41. The second kappa shape index (κ2) is 6.71. The molecule has 1 unspecified atom stereocenters. The first kappa shape index (κ1) is 14.8. The highest BCUT2D eigenvalue weighted by Crippen LogP contribution is 2.29. The SMILES string of the molecule is CNC(CCc1ccccc1)C(C)(C)c1ccccc1. The average Bonchev–Trinajstić information content (AvgIpc) is 2.49. The maximum atomic E-state index is 3.51. The molecule has 0 saturated heterocycles. The van der Waals surface area contributed by atoms with Crippen LogP contribution in [0.2, 0.25) is 0 Å². The fourth-order valence-corrected chi connectivity index (χ4v) is 2.89. The van der Waals surface area contributed by atoms with Gasteiger partial charge in [-0.2, -0.15) is 0 Å². The van der Waals surface area contributed by atoms with Gasteiger partial charge in [-0.15, -0.1) is 0 Å². The smallest absolute Gasteiger partial charge is 0.0159 e. The summed E-state index contributed by atoms with van der Waals surface area (Å²) in [6.07, 6.45) is 2.25. The summed E-state index contributed by atoms with van der Waals surface area (Å²) in [5.41, 5.74) is 2.94. The lowest BCUT2D eigenvalue weighted by atomic mass is 9.75. The quantitative estimate of drug-likeness (QED) is 0.827. The zero-order chi connectivity index (χ0) is 14.4. The predicted octanol–water partition coefficient (Wildman–Crippen LogP) is 4.19. The number of benzene rings is 2. The van der Waals surface area contributed by atoms with Gasteiger partial charge in [0.1, 0.15) is 0 Å². The monoisotopic (exact) mass is 267 g/mol. The van der Waals surface area contributed by atoms with Crippen molar-refractivity contribution in [2.45, 2.75) is 38.1 Å². The molecule has 0 aromatic heterocycles. The summed E-state index contributed by atoms with van der Waals surface area (Å²) in [5, 5.41) is 3.51. The molecule has 0 aliphatic rings. The van der Waals surface area contributed by atoms with Crippen LogP contribution in [-0.2, 0) is 11.8 Å². The Morgan fingerprint density at radius 3 is 2.00 bits per heavy atom. The number of likely N-dealkylation sites (N-methyl/N-ethyl adjacent to an activating group) is 1. The van der Waals surface area contributed by atoms with Crippen LogP contribution in [0.5, 0.6) is 0 Å². The van der Waals surface area contributed by atoms with E-state index in [0.29, 0.717) is 6.04 Å². The fourth-order valence-electron chi connectivity index (χ4n) is 2.89. The third-order valence-corrected chi connectivity index (χ3v) is 4.30. The molecule has 0 amide bonds. The van der Waals surface area contributed by atoms with E-state index in [0.717, 1.165) is 12.8 Å². The Kier molecular flexibility index (Phi) is 4.97. The molecule has 2 aromatic carbocycles. The van der Waals surface area contributed by atoms with Gasteiger partial charge >= 0.3 is 0 Å². The van der Waals surface area contributed by atoms with Crippen LogP contribution >= 0.6 is 0 Å². The van der Waals surface area contributed by atoms with Crippen LogP contribution in [0, 0.1) is 0 Å². The van der Waals surface area contributed by atoms with Crippen molar-refractivity contribution in [3.63, 3.8) is 0 Å². The van der Waals surface area contributed by atoms with E-state index in [2.05, 4.69) is 86.9 Å². The first-order valence-corrected chi connectivity index (χ1v) is 7.41. The molecule has 0 radical (unpaired) electrons. The van der Waals surface area contributed by atoms with E-state index < -0.39 is 0 Å². The fraction of sp³-hybridized carbons (Fsp3) is 0.368. The van der Waals surface area contributed by atoms with Crippen LogP contribution in [0.3, 0.4) is 0 Å². The number of nitrogens with one attached hydrogen (secondary N) is 1. The molecule has 1 heteroatoms. The summed E-state index contributed by atoms with van der Waals surface area (Å²) in [5.74, 6) is 0. The minimum atomic E-state index is 0.130. The minimum absolute atomic E-state index is 0.130. The van der Waals surface area contributed by atoms with Crippen molar-refractivity contribution in [3.05, 3.63) is 71.8 Å². The molecule has 2 aromatic rings. The molecule has 0 bridgehead atoms. The van der Waals surface area contributed by atoms with Gasteiger partial charge in [0.25, 0.3) is 0 Å². The molecule has 1 N–H and O–H groups in total. The maximum Gasteiger partial charge on any atom is 0.0159 e. The molecule has 1 atom stereocenters. The standard InChI is InChI=1S/C19H25N/c1-19(2,17-12-8-5-9-13-17)18(20-3)15-14-16-10-6-4-7-11-16/h4-13,18,20H,14-15H2,1-3H3. The van der Waals surface area contributed by atoms with E-state index in [1.54, 1.807) is 0 Å². The van der Waals surface area contributed by atoms with Crippen molar-refractivity contribution in [2.75, 3.05) is 7.05 Å². The van der Waals surface area contributed by atoms with Crippen LogP contribution in [0.1, 0.15) is 31.4 Å². The molecule has 0 aliphatic carbocycles. The summed E-state index contributed by atoms with van der Waals surface area (Å²) < 4.78 is 0. The van der Waals surface area contributed by atoms with Crippen molar-refractivity contribution >= 4 is 0 Å². The van der Waals surface area contributed by atoms with Gasteiger partial charge in [-0.05, 0) is 31.0 Å². The Balaban J connectivity index is 2.08. The molecule has 0 aliphatic heterocycles. The minimum Gasteiger partial charge on any atom is -0.316 e. The summed E-state index contributed by atoms with van der Waals surface area (Å²) >= 11 is 0. The summed E-state index contributed by atoms with van der Waals surface area (Å²) in [7, 11) is 2.07. The number of hydrogen-bond donors (Lipinski definition) is 1. The molecule has 0 fully saturated rings. The summed E-state index contributed by atoms with van der Waals surface area (Å²) in [6, 6.07) is 22.0. The normalized spacial score (nSPS) is 13.2. The Morgan fingerprint density at radius 2 is 1.45 bits per heavy atom. The molecule has 1 nitrogen and oxygen atoms in total. The van der Waals surface area contributed by atoms with Crippen molar-refractivity contribution in [1.82, 2.24) is 5.32 Å². The second-order valence-corrected chi connectivity index (χ2v) is 5.95. The lowest BCUT2D eigenvalue weighted by Crippen LogP contribution is -2.43. The Labute approximate surface area is 123 Å². The van der Waals surface area contributed by atoms with Crippen LogP contribution in [-0.4, -0.2) is 13.1 Å². The zero-order valence-corrected chi connectivity index (χ0v) is 12.8.